The molecule has 0 saturated carbocycles. The normalized spacial score (nSPS) is 16.9. The average Bonchev–Trinajstić information content (AvgIpc) is 3.75. The molecule has 3 heterocycles. The zero-order valence-corrected chi connectivity index (χ0v) is 25.3. The van der Waals surface area contributed by atoms with Gasteiger partial charge in [0.25, 0.3) is 0 Å². The number of aryl methyl sites for hydroxylation is 1. The van der Waals surface area contributed by atoms with Crippen LogP contribution in [-0.4, -0.2) is 66.1 Å². The fourth-order valence-electron chi connectivity index (χ4n) is 5.65. The number of halogens is 1. The molecule has 7 nitrogen and oxygen atoms in total. The Bertz CT molecular complexity index is 1520. The van der Waals surface area contributed by atoms with Crippen LogP contribution in [0.3, 0.4) is 0 Å². The minimum absolute atomic E-state index is 0.0691. The molecule has 1 unspecified atom stereocenters. The highest BCUT2D eigenvalue weighted by molar-refractivity contribution is 7.89. The molecule has 0 radical (unpaired) electrons. The Morgan fingerprint density at radius 2 is 1.93 bits per heavy atom. The Kier molecular flexibility index (Phi) is 9.23. The second kappa shape index (κ2) is 12.9. The van der Waals surface area contributed by atoms with Crippen LogP contribution < -0.4 is 4.74 Å². The molecule has 4 aromatic rings. The van der Waals surface area contributed by atoms with Gasteiger partial charge in [-0.3, -0.25) is 4.90 Å². The van der Waals surface area contributed by atoms with E-state index in [9.17, 15) is 12.8 Å². The molecule has 41 heavy (non-hydrogen) atoms. The number of likely N-dealkylation sites (N-methyl/N-ethyl adjacent to an activating group) is 1. The van der Waals surface area contributed by atoms with Gasteiger partial charge in [0.05, 0.1) is 23.4 Å². The lowest BCUT2D eigenvalue weighted by molar-refractivity contribution is 0.239. The predicted octanol–water partition coefficient (Wildman–Crippen LogP) is 6.37. The molecule has 1 fully saturated rings. The van der Waals surface area contributed by atoms with E-state index < -0.39 is 10.0 Å². The first-order valence-corrected chi connectivity index (χ1v) is 16.5. The average molecular weight is 597 g/mol. The van der Waals surface area contributed by atoms with Crippen molar-refractivity contribution in [3.05, 3.63) is 83.1 Å². The third kappa shape index (κ3) is 6.72. The molecule has 1 N–H and O–H groups in total. The fourth-order valence-corrected chi connectivity index (χ4v) is 8.08. The number of benzene rings is 2. The number of likely N-dealkylation sites (tertiary alicyclic amines) is 1. The number of imidazole rings is 1. The first-order chi connectivity index (χ1) is 19.8. The summed E-state index contributed by atoms with van der Waals surface area (Å²) in [6, 6.07) is 18.4. The minimum atomic E-state index is -3.46. The van der Waals surface area contributed by atoms with E-state index in [4.69, 9.17) is 9.72 Å². The Morgan fingerprint density at radius 1 is 1.17 bits per heavy atom. The van der Waals surface area contributed by atoms with Gasteiger partial charge in [-0.05, 0) is 79.6 Å². The van der Waals surface area contributed by atoms with E-state index in [1.807, 2.05) is 48.7 Å². The first kappa shape index (κ1) is 29.4. The number of rotatable bonds is 12. The molecule has 2 aromatic carbocycles. The molecule has 0 spiro atoms. The lowest BCUT2D eigenvalue weighted by atomic mass is 10.1. The Morgan fingerprint density at radius 3 is 2.59 bits per heavy atom. The van der Waals surface area contributed by atoms with E-state index in [2.05, 4.69) is 16.8 Å². The smallest absolute Gasteiger partial charge is 0.214 e. The van der Waals surface area contributed by atoms with E-state index in [0.717, 1.165) is 51.9 Å². The highest BCUT2D eigenvalue weighted by atomic mass is 32.2. The minimum Gasteiger partial charge on any atom is -0.497 e. The van der Waals surface area contributed by atoms with E-state index >= 15 is 0 Å². The number of H-pyrrole nitrogens is 1. The van der Waals surface area contributed by atoms with Gasteiger partial charge in [-0.2, -0.15) is 4.31 Å². The summed E-state index contributed by atoms with van der Waals surface area (Å²) in [5.74, 6) is 1.38. The van der Waals surface area contributed by atoms with E-state index in [1.165, 1.54) is 12.1 Å². The first-order valence-electron chi connectivity index (χ1n) is 14.0. The third-order valence-electron chi connectivity index (χ3n) is 7.90. The maximum absolute atomic E-state index is 13.6. The van der Waals surface area contributed by atoms with Crippen LogP contribution in [0.4, 0.5) is 4.39 Å². The van der Waals surface area contributed by atoms with Crippen LogP contribution in [0.15, 0.2) is 66.0 Å². The fraction of sp³-hybridized carbons (Fsp3) is 0.387. The second-order valence-electron chi connectivity index (χ2n) is 10.4. The van der Waals surface area contributed by atoms with Crippen LogP contribution in [0, 0.1) is 5.82 Å². The summed E-state index contributed by atoms with van der Waals surface area (Å²) in [7, 11) is -1.82. The molecule has 0 aliphatic carbocycles. The van der Waals surface area contributed by atoms with Crippen molar-refractivity contribution in [3.63, 3.8) is 0 Å². The summed E-state index contributed by atoms with van der Waals surface area (Å²) in [5.41, 5.74) is 3.75. The molecule has 218 valence electrons. The van der Waals surface area contributed by atoms with Crippen LogP contribution in [0.5, 0.6) is 5.75 Å². The van der Waals surface area contributed by atoms with Crippen LogP contribution in [-0.2, 0) is 16.4 Å². The maximum atomic E-state index is 13.6. The maximum Gasteiger partial charge on any atom is 0.214 e. The van der Waals surface area contributed by atoms with Crippen LogP contribution in [0.2, 0.25) is 0 Å². The number of hydrogen-bond donors (Lipinski definition) is 1. The van der Waals surface area contributed by atoms with Crippen molar-refractivity contribution in [3.8, 4) is 27.7 Å². The SMILES string of the molecule is CCN([C@@H]1CCN(C(C)c2ccc(F)cc2)C1)S(=O)(=O)CCCc1[nH]c(-c2cccs2)nc1-c1ccc(OC)cc1. The number of aromatic amines is 1. The largest absolute Gasteiger partial charge is 0.497 e. The summed E-state index contributed by atoms with van der Waals surface area (Å²) in [4.78, 5) is 11.7. The van der Waals surface area contributed by atoms with Crippen LogP contribution in [0.25, 0.3) is 22.0 Å². The number of nitrogens with zero attached hydrogens (tertiary/aromatic N) is 3. The van der Waals surface area contributed by atoms with Crippen molar-refractivity contribution in [1.29, 1.82) is 0 Å². The van der Waals surface area contributed by atoms with Gasteiger partial charge < -0.3 is 9.72 Å². The molecule has 1 aliphatic rings. The molecule has 0 amide bonds. The molecule has 2 atom stereocenters. The van der Waals surface area contributed by atoms with Gasteiger partial charge in [-0.15, -0.1) is 11.3 Å². The van der Waals surface area contributed by atoms with Gasteiger partial charge in [-0.25, -0.2) is 17.8 Å². The molecule has 1 saturated heterocycles. The van der Waals surface area contributed by atoms with Crippen LogP contribution >= 0.6 is 11.3 Å². The molecule has 2 aromatic heterocycles. The van der Waals surface area contributed by atoms with Crippen molar-refractivity contribution in [2.75, 3.05) is 32.5 Å². The Labute approximate surface area is 246 Å². The number of sulfonamides is 1. The topological polar surface area (TPSA) is 78.5 Å². The van der Waals surface area contributed by atoms with Crippen molar-refractivity contribution in [1.82, 2.24) is 19.2 Å². The van der Waals surface area contributed by atoms with Crippen molar-refractivity contribution in [2.45, 2.75) is 45.2 Å². The predicted molar refractivity (Wildman–Crippen MR) is 163 cm³/mol. The lowest BCUT2D eigenvalue weighted by Gasteiger charge is -2.29. The number of ether oxygens (including phenoxy) is 1. The van der Waals surface area contributed by atoms with Crippen LogP contribution in [0.1, 0.15) is 44.0 Å². The number of hydrogen-bond acceptors (Lipinski definition) is 6. The van der Waals surface area contributed by atoms with Gasteiger partial charge in [0.2, 0.25) is 10.0 Å². The van der Waals surface area contributed by atoms with E-state index in [0.29, 0.717) is 25.9 Å². The molecule has 5 rings (SSSR count). The quantitative estimate of drug-likeness (QED) is 0.206. The Hall–Kier alpha value is -3.05. The molecule has 1 aliphatic heterocycles. The molecule has 0 bridgehead atoms. The summed E-state index contributed by atoms with van der Waals surface area (Å²) in [5, 5.41) is 2.01. The van der Waals surface area contributed by atoms with Gasteiger partial charge >= 0.3 is 0 Å². The zero-order valence-electron chi connectivity index (χ0n) is 23.7. The van der Waals surface area contributed by atoms with E-state index in [1.54, 1.807) is 34.9 Å². The standard InChI is InChI=1S/C31H37FN4O3S2/c1-4-36(26-17-18-35(21-26)22(2)23-9-13-25(32)14-10-23)41(37,38)20-6-7-28-30(24-11-15-27(39-3)16-12-24)34-31(33-28)29-8-5-19-40-29/h5,8-16,19,22,26H,4,6-7,17-18,20-21H2,1-3H3,(H,33,34)/t22?,26-/m1/s1. The van der Waals surface area contributed by atoms with Gasteiger partial charge in [0.1, 0.15) is 17.4 Å². The lowest BCUT2D eigenvalue weighted by Crippen LogP contribution is -2.43. The third-order valence-corrected chi connectivity index (χ3v) is 10.8. The summed E-state index contributed by atoms with van der Waals surface area (Å²) < 4.78 is 47.5. The van der Waals surface area contributed by atoms with Gasteiger partial charge in [0.15, 0.2) is 0 Å². The van der Waals surface area contributed by atoms with Gasteiger partial charge in [0, 0.05) is 43.0 Å². The number of nitrogens with one attached hydrogen (secondary N) is 1. The number of thiophene rings is 1. The van der Waals surface area contributed by atoms with Crippen molar-refractivity contribution >= 4 is 21.4 Å². The number of aromatic nitrogens is 2. The number of methoxy groups -OCH3 is 1. The van der Waals surface area contributed by atoms with E-state index in [-0.39, 0.29) is 23.7 Å². The molecule has 10 heteroatoms. The second-order valence-corrected chi connectivity index (χ2v) is 13.4. The summed E-state index contributed by atoms with van der Waals surface area (Å²) >= 11 is 1.61. The molecular weight excluding hydrogens is 559 g/mol. The summed E-state index contributed by atoms with van der Waals surface area (Å²) in [6.45, 7) is 5.91. The summed E-state index contributed by atoms with van der Waals surface area (Å²) in [6.07, 6.45) is 1.83. The highest BCUT2D eigenvalue weighted by Gasteiger charge is 2.35. The monoisotopic (exact) mass is 596 g/mol. The molecular formula is C31H37FN4O3S2. The zero-order chi connectivity index (χ0) is 29.0. The highest BCUT2D eigenvalue weighted by Crippen LogP contribution is 2.31. The van der Waals surface area contributed by atoms with Gasteiger partial charge in [-0.1, -0.05) is 25.1 Å². The Balaban J connectivity index is 1.26. The van der Waals surface area contributed by atoms with Crippen molar-refractivity contribution < 1.29 is 17.5 Å². The van der Waals surface area contributed by atoms with Crippen molar-refractivity contribution in [2.24, 2.45) is 0 Å².